The number of halogens is 1. The molecule has 0 atom stereocenters. The smallest absolute Gasteiger partial charge is 0.267 e. The molecule has 1 amide bonds. The van der Waals surface area contributed by atoms with E-state index in [1.165, 1.54) is 12.4 Å². The van der Waals surface area contributed by atoms with E-state index < -0.39 is 0 Å². The van der Waals surface area contributed by atoms with E-state index in [0.717, 1.165) is 15.8 Å². The van der Waals surface area contributed by atoms with E-state index in [1.54, 1.807) is 53.5 Å². The molecule has 2 aromatic heterocycles. The van der Waals surface area contributed by atoms with Gasteiger partial charge in [-0.15, -0.1) is 0 Å². The number of carbonyl (C=O) groups is 1. The second-order valence-electron chi connectivity index (χ2n) is 6.56. The van der Waals surface area contributed by atoms with Gasteiger partial charge in [0.05, 0.1) is 12.2 Å². The highest BCUT2D eigenvalue weighted by atomic mass is 35.5. The lowest BCUT2D eigenvalue weighted by atomic mass is 10.1. The summed E-state index contributed by atoms with van der Waals surface area (Å²) < 4.78 is 2.84. The minimum absolute atomic E-state index is 0.193. The van der Waals surface area contributed by atoms with Gasteiger partial charge in [0.1, 0.15) is 19.2 Å². The fraction of sp³-hybridized carbons (Fsp3) is 0.0952. The summed E-state index contributed by atoms with van der Waals surface area (Å²) in [5.41, 5.74) is 2.68. The Morgan fingerprint density at radius 2 is 1.77 bits per heavy atom. The molecule has 0 bridgehead atoms. The topological polar surface area (TPSA) is 94.7 Å². The van der Waals surface area contributed by atoms with Crippen molar-refractivity contribution in [2.24, 2.45) is 0 Å². The molecule has 0 aliphatic rings. The SMILES string of the molecule is O=C(Cn1nc(-c2ccc(Cl)cc2)ccc1=O)Nc1ccc(Cn2cncn2)cc1. The molecule has 8 nitrogen and oxygen atoms in total. The van der Waals surface area contributed by atoms with Crippen molar-refractivity contribution in [2.75, 3.05) is 5.32 Å². The number of anilines is 1. The predicted octanol–water partition coefficient (Wildman–Crippen LogP) is 2.84. The summed E-state index contributed by atoms with van der Waals surface area (Å²) in [6, 6.07) is 17.5. The van der Waals surface area contributed by atoms with Gasteiger partial charge in [0.2, 0.25) is 5.91 Å². The van der Waals surface area contributed by atoms with Gasteiger partial charge in [0.25, 0.3) is 5.56 Å². The van der Waals surface area contributed by atoms with Crippen molar-refractivity contribution in [1.82, 2.24) is 24.5 Å². The van der Waals surface area contributed by atoms with Crippen LogP contribution in [0.4, 0.5) is 5.69 Å². The Hall–Kier alpha value is -3.78. The quantitative estimate of drug-likeness (QED) is 0.517. The van der Waals surface area contributed by atoms with Crippen molar-refractivity contribution in [1.29, 1.82) is 0 Å². The van der Waals surface area contributed by atoms with Crippen LogP contribution in [-0.2, 0) is 17.9 Å². The largest absolute Gasteiger partial charge is 0.324 e. The predicted molar refractivity (Wildman–Crippen MR) is 113 cm³/mol. The minimum Gasteiger partial charge on any atom is -0.324 e. The maximum atomic E-state index is 12.4. The maximum Gasteiger partial charge on any atom is 0.267 e. The molecule has 150 valence electrons. The average molecular weight is 421 g/mol. The van der Waals surface area contributed by atoms with Crippen molar-refractivity contribution in [3.63, 3.8) is 0 Å². The zero-order chi connectivity index (χ0) is 20.9. The van der Waals surface area contributed by atoms with Crippen LogP contribution in [-0.4, -0.2) is 30.5 Å². The van der Waals surface area contributed by atoms with Gasteiger partial charge in [0, 0.05) is 22.3 Å². The molecule has 9 heteroatoms. The zero-order valence-corrected chi connectivity index (χ0v) is 16.5. The van der Waals surface area contributed by atoms with E-state index in [1.807, 2.05) is 12.1 Å². The Labute approximate surface area is 176 Å². The summed E-state index contributed by atoms with van der Waals surface area (Å²) in [6.07, 6.45) is 3.12. The maximum absolute atomic E-state index is 12.4. The number of benzene rings is 2. The molecule has 0 radical (unpaired) electrons. The molecule has 0 saturated carbocycles. The normalized spacial score (nSPS) is 10.7. The van der Waals surface area contributed by atoms with Crippen molar-refractivity contribution in [2.45, 2.75) is 13.1 Å². The third-order valence-corrected chi connectivity index (χ3v) is 4.60. The standard InChI is InChI=1S/C21H17ClN6O2/c22-17-5-3-16(4-6-17)19-9-10-21(30)28(26-19)12-20(29)25-18-7-1-15(2-8-18)11-27-14-23-13-24-27/h1-10,13-14H,11-12H2,(H,25,29). The number of aromatic nitrogens is 5. The Balaban J connectivity index is 1.43. The molecule has 2 aromatic carbocycles. The third-order valence-electron chi connectivity index (χ3n) is 4.35. The van der Waals surface area contributed by atoms with Crippen LogP contribution >= 0.6 is 11.6 Å². The lowest BCUT2D eigenvalue weighted by Crippen LogP contribution is -2.29. The lowest BCUT2D eigenvalue weighted by Gasteiger charge is -2.09. The number of hydrogen-bond donors (Lipinski definition) is 1. The molecule has 0 spiro atoms. The molecule has 0 aliphatic carbocycles. The van der Waals surface area contributed by atoms with Gasteiger partial charge in [-0.05, 0) is 35.9 Å². The van der Waals surface area contributed by atoms with Crippen molar-refractivity contribution in [3.8, 4) is 11.3 Å². The lowest BCUT2D eigenvalue weighted by molar-refractivity contribution is -0.117. The second-order valence-corrected chi connectivity index (χ2v) is 7.00. The number of nitrogens with zero attached hydrogens (tertiary/aromatic N) is 5. The van der Waals surface area contributed by atoms with E-state index in [4.69, 9.17) is 11.6 Å². The first-order valence-corrected chi connectivity index (χ1v) is 9.50. The first kappa shape index (κ1) is 19.5. The van der Waals surface area contributed by atoms with Gasteiger partial charge in [-0.25, -0.2) is 14.3 Å². The van der Waals surface area contributed by atoms with Crippen molar-refractivity contribution < 1.29 is 4.79 Å². The van der Waals surface area contributed by atoms with E-state index in [9.17, 15) is 9.59 Å². The number of rotatable bonds is 6. The zero-order valence-electron chi connectivity index (χ0n) is 15.8. The molecule has 2 heterocycles. The fourth-order valence-electron chi connectivity index (χ4n) is 2.87. The Bertz CT molecular complexity index is 1200. The van der Waals surface area contributed by atoms with Crippen LogP contribution in [0.15, 0.2) is 78.1 Å². The van der Waals surface area contributed by atoms with Gasteiger partial charge >= 0.3 is 0 Å². The monoisotopic (exact) mass is 420 g/mol. The number of hydrogen-bond acceptors (Lipinski definition) is 5. The van der Waals surface area contributed by atoms with Crippen LogP contribution in [0.2, 0.25) is 5.02 Å². The van der Waals surface area contributed by atoms with E-state index >= 15 is 0 Å². The summed E-state index contributed by atoms with van der Waals surface area (Å²) in [5, 5.41) is 11.7. The molecule has 0 fully saturated rings. The van der Waals surface area contributed by atoms with Crippen LogP contribution in [0.3, 0.4) is 0 Å². The molecule has 0 unspecified atom stereocenters. The van der Waals surface area contributed by atoms with Gasteiger partial charge in [-0.3, -0.25) is 9.59 Å². The molecule has 30 heavy (non-hydrogen) atoms. The summed E-state index contributed by atoms with van der Waals surface area (Å²) in [7, 11) is 0. The van der Waals surface area contributed by atoms with E-state index in [-0.39, 0.29) is 18.0 Å². The third kappa shape index (κ3) is 4.79. The summed E-state index contributed by atoms with van der Waals surface area (Å²) in [5.74, 6) is -0.345. The Morgan fingerprint density at radius 1 is 1.00 bits per heavy atom. The van der Waals surface area contributed by atoms with Gasteiger partial charge < -0.3 is 5.32 Å². The summed E-state index contributed by atoms with van der Waals surface area (Å²) in [4.78, 5) is 28.5. The Kier molecular flexibility index (Phi) is 5.67. The number of nitrogens with one attached hydrogen (secondary N) is 1. The van der Waals surface area contributed by atoms with Crippen LogP contribution < -0.4 is 10.9 Å². The van der Waals surface area contributed by atoms with Gasteiger partial charge in [-0.2, -0.15) is 10.2 Å². The first-order chi connectivity index (χ1) is 14.6. The van der Waals surface area contributed by atoms with Crippen LogP contribution in [0.5, 0.6) is 0 Å². The molecular formula is C21H17ClN6O2. The van der Waals surface area contributed by atoms with Crippen molar-refractivity contribution >= 4 is 23.2 Å². The first-order valence-electron chi connectivity index (χ1n) is 9.12. The molecule has 0 saturated heterocycles. The van der Waals surface area contributed by atoms with Crippen LogP contribution in [0, 0.1) is 0 Å². The fourth-order valence-corrected chi connectivity index (χ4v) is 2.99. The van der Waals surface area contributed by atoms with E-state index in [0.29, 0.717) is 22.9 Å². The highest BCUT2D eigenvalue weighted by Crippen LogP contribution is 2.18. The molecule has 4 aromatic rings. The van der Waals surface area contributed by atoms with Crippen molar-refractivity contribution in [3.05, 3.63) is 94.3 Å². The molecule has 1 N–H and O–H groups in total. The highest BCUT2D eigenvalue weighted by Gasteiger charge is 2.09. The second kappa shape index (κ2) is 8.71. The molecule has 0 aliphatic heterocycles. The molecular weight excluding hydrogens is 404 g/mol. The highest BCUT2D eigenvalue weighted by molar-refractivity contribution is 6.30. The summed E-state index contributed by atoms with van der Waals surface area (Å²) in [6.45, 7) is 0.395. The number of amides is 1. The van der Waals surface area contributed by atoms with Gasteiger partial charge in [0.15, 0.2) is 0 Å². The molecule has 4 rings (SSSR count). The van der Waals surface area contributed by atoms with E-state index in [2.05, 4.69) is 20.5 Å². The van der Waals surface area contributed by atoms with Crippen LogP contribution in [0.1, 0.15) is 5.56 Å². The summed E-state index contributed by atoms with van der Waals surface area (Å²) >= 11 is 5.91. The Morgan fingerprint density at radius 3 is 2.47 bits per heavy atom. The van der Waals surface area contributed by atoms with Crippen LogP contribution in [0.25, 0.3) is 11.3 Å². The van der Waals surface area contributed by atoms with Gasteiger partial charge in [-0.1, -0.05) is 35.9 Å². The number of carbonyl (C=O) groups excluding carboxylic acids is 1. The average Bonchev–Trinajstić information content (AvgIpc) is 3.25. The minimum atomic E-state index is -0.356.